The van der Waals surface area contributed by atoms with Crippen molar-refractivity contribution < 1.29 is 9.53 Å². The zero-order valence-corrected chi connectivity index (χ0v) is 15.8. The minimum atomic E-state index is -0.0353. The normalized spacial score (nSPS) is 10.8. The van der Waals surface area contributed by atoms with Crippen LogP contribution in [0.1, 0.15) is 6.42 Å². The van der Waals surface area contributed by atoms with Gasteiger partial charge < -0.3 is 15.0 Å². The van der Waals surface area contributed by atoms with Gasteiger partial charge in [-0.25, -0.2) is 9.97 Å². The highest BCUT2D eigenvalue weighted by Crippen LogP contribution is 2.37. The molecule has 26 heavy (non-hydrogen) atoms. The number of aromatic nitrogens is 2. The second kappa shape index (κ2) is 8.73. The Balaban J connectivity index is 1.81. The van der Waals surface area contributed by atoms with Gasteiger partial charge in [0.15, 0.2) is 0 Å². The smallest absolute Gasteiger partial charge is 0.239 e. The summed E-state index contributed by atoms with van der Waals surface area (Å²) in [4.78, 5) is 23.8. The fourth-order valence-electron chi connectivity index (χ4n) is 2.77. The molecule has 0 atom stereocenters. The molecule has 0 unspecified atom stereocenters. The molecule has 2 heterocycles. The van der Waals surface area contributed by atoms with Gasteiger partial charge in [-0.2, -0.15) is 0 Å². The summed E-state index contributed by atoms with van der Waals surface area (Å²) < 4.78 is 4.99. The maximum absolute atomic E-state index is 12.2. The topological polar surface area (TPSA) is 67.3 Å². The Kier molecular flexibility index (Phi) is 6.14. The van der Waals surface area contributed by atoms with Crippen molar-refractivity contribution in [3.63, 3.8) is 0 Å². The molecular formula is C19H22N4O2S. The molecule has 1 N–H and O–H groups in total. The van der Waals surface area contributed by atoms with E-state index < -0.39 is 0 Å². The summed E-state index contributed by atoms with van der Waals surface area (Å²) in [5, 5.41) is 5.98. The van der Waals surface area contributed by atoms with Gasteiger partial charge in [-0.15, -0.1) is 11.3 Å². The standard InChI is InChI=1S/C19H22N4O2S/c1-23(11-16(24)20-9-6-10-25-2)18-17-15(14-7-4-3-5-8-14)12-26-19(17)22-13-21-18/h3-5,7-8,12-13H,6,9-11H2,1-2H3,(H,20,24). The van der Waals surface area contributed by atoms with Gasteiger partial charge in [-0.3, -0.25) is 4.79 Å². The number of fused-ring (bicyclic) bond motifs is 1. The average molecular weight is 370 g/mol. The molecule has 3 rings (SSSR count). The van der Waals surface area contributed by atoms with Crippen molar-refractivity contribution in [3.05, 3.63) is 42.0 Å². The highest BCUT2D eigenvalue weighted by molar-refractivity contribution is 7.17. The molecule has 0 aliphatic rings. The van der Waals surface area contributed by atoms with Crippen molar-refractivity contribution >= 4 is 33.3 Å². The van der Waals surface area contributed by atoms with Crippen LogP contribution in [-0.2, 0) is 9.53 Å². The third-order valence-electron chi connectivity index (χ3n) is 4.02. The van der Waals surface area contributed by atoms with Gasteiger partial charge in [0, 0.05) is 38.3 Å². The maximum atomic E-state index is 12.2. The monoisotopic (exact) mass is 370 g/mol. The summed E-state index contributed by atoms with van der Waals surface area (Å²) in [6.07, 6.45) is 2.35. The molecule has 1 amide bonds. The largest absolute Gasteiger partial charge is 0.385 e. The van der Waals surface area contributed by atoms with Crippen LogP contribution in [0.5, 0.6) is 0 Å². The highest BCUT2D eigenvalue weighted by atomic mass is 32.1. The van der Waals surface area contributed by atoms with Crippen molar-refractivity contribution in [2.45, 2.75) is 6.42 Å². The Morgan fingerprint density at radius 1 is 1.27 bits per heavy atom. The average Bonchev–Trinajstić information content (AvgIpc) is 3.10. The van der Waals surface area contributed by atoms with E-state index in [0.29, 0.717) is 13.2 Å². The molecule has 0 saturated heterocycles. The lowest BCUT2D eigenvalue weighted by molar-refractivity contribution is -0.119. The Morgan fingerprint density at radius 3 is 2.85 bits per heavy atom. The molecule has 136 valence electrons. The van der Waals surface area contributed by atoms with Crippen LogP contribution in [0.4, 0.5) is 5.82 Å². The van der Waals surface area contributed by atoms with E-state index >= 15 is 0 Å². The summed E-state index contributed by atoms with van der Waals surface area (Å²) in [6.45, 7) is 1.48. The zero-order valence-electron chi connectivity index (χ0n) is 14.9. The molecule has 6 nitrogen and oxygen atoms in total. The second-order valence-corrected chi connectivity index (χ2v) is 6.80. The summed E-state index contributed by atoms with van der Waals surface area (Å²) in [5.74, 6) is 0.731. The number of anilines is 1. The van der Waals surface area contributed by atoms with Gasteiger partial charge in [0.1, 0.15) is 17.0 Å². The minimum absolute atomic E-state index is 0.0353. The maximum Gasteiger partial charge on any atom is 0.239 e. The molecule has 0 aliphatic carbocycles. The van der Waals surface area contributed by atoms with E-state index in [4.69, 9.17) is 4.74 Å². The van der Waals surface area contributed by atoms with Crippen LogP contribution in [0.25, 0.3) is 21.3 Å². The van der Waals surface area contributed by atoms with E-state index in [1.165, 1.54) is 0 Å². The van der Waals surface area contributed by atoms with E-state index in [-0.39, 0.29) is 12.5 Å². The molecule has 7 heteroatoms. The van der Waals surface area contributed by atoms with E-state index in [9.17, 15) is 4.79 Å². The third kappa shape index (κ3) is 4.17. The lowest BCUT2D eigenvalue weighted by Gasteiger charge is -2.19. The van der Waals surface area contributed by atoms with E-state index in [1.54, 1.807) is 24.8 Å². The number of hydrogen-bond donors (Lipinski definition) is 1. The van der Waals surface area contributed by atoms with Crippen molar-refractivity contribution in [1.29, 1.82) is 0 Å². The number of rotatable bonds is 8. The lowest BCUT2D eigenvalue weighted by atomic mass is 10.1. The number of likely N-dealkylation sites (N-methyl/N-ethyl adjacent to an activating group) is 1. The van der Waals surface area contributed by atoms with Gasteiger partial charge in [0.25, 0.3) is 0 Å². The Hall–Kier alpha value is -2.51. The van der Waals surface area contributed by atoms with Crippen molar-refractivity contribution in [1.82, 2.24) is 15.3 Å². The van der Waals surface area contributed by atoms with Crippen molar-refractivity contribution in [2.24, 2.45) is 0 Å². The van der Waals surface area contributed by atoms with Crippen LogP contribution >= 0.6 is 11.3 Å². The van der Waals surface area contributed by atoms with Crippen LogP contribution in [0, 0.1) is 0 Å². The molecule has 0 aliphatic heterocycles. The first-order valence-corrected chi connectivity index (χ1v) is 9.33. The molecule has 0 spiro atoms. The number of nitrogens with zero attached hydrogens (tertiary/aromatic N) is 3. The van der Waals surface area contributed by atoms with Gasteiger partial charge in [-0.1, -0.05) is 30.3 Å². The molecule has 0 fully saturated rings. The Labute approximate surface area is 156 Å². The van der Waals surface area contributed by atoms with Gasteiger partial charge >= 0.3 is 0 Å². The number of nitrogens with one attached hydrogen (secondary N) is 1. The van der Waals surface area contributed by atoms with Crippen molar-refractivity contribution in [2.75, 3.05) is 38.8 Å². The number of carbonyl (C=O) groups is 1. The van der Waals surface area contributed by atoms with Crippen LogP contribution in [0.2, 0.25) is 0 Å². The van der Waals surface area contributed by atoms with Crippen LogP contribution in [0.15, 0.2) is 42.0 Å². The molecule has 0 bridgehead atoms. The third-order valence-corrected chi connectivity index (χ3v) is 4.91. The number of amides is 1. The second-order valence-electron chi connectivity index (χ2n) is 5.95. The molecule has 2 aromatic heterocycles. The molecule has 1 aromatic carbocycles. The van der Waals surface area contributed by atoms with Crippen LogP contribution in [0.3, 0.4) is 0 Å². The number of ether oxygens (including phenoxy) is 1. The number of thiophene rings is 1. The zero-order chi connectivity index (χ0) is 18.4. The van der Waals surface area contributed by atoms with Gasteiger partial charge in [0.2, 0.25) is 5.91 Å². The summed E-state index contributed by atoms with van der Waals surface area (Å²) in [6, 6.07) is 10.2. The molecular weight excluding hydrogens is 348 g/mol. The first-order chi connectivity index (χ1) is 12.7. The number of methoxy groups -OCH3 is 1. The van der Waals surface area contributed by atoms with Crippen molar-refractivity contribution in [3.8, 4) is 11.1 Å². The lowest BCUT2D eigenvalue weighted by Crippen LogP contribution is -2.36. The van der Waals surface area contributed by atoms with Crippen LogP contribution < -0.4 is 10.2 Å². The van der Waals surface area contributed by atoms with Gasteiger partial charge in [-0.05, 0) is 12.0 Å². The Bertz CT molecular complexity index is 866. The quantitative estimate of drug-likeness (QED) is 0.618. The van der Waals surface area contributed by atoms with Crippen LogP contribution in [-0.4, -0.2) is 49.7 Å². The highest BCUT2D eigenvalue weighted by Gasteiger charge is 2.17. The van der Waals surface area contributed by atoms with E-state index in [0.717, 1.165) is 33.6 Å². The number of benzene rings is 1. The molecule has 3 aromatic rings. The fraction of sp³-hybridized carbons (Fsp3) is 0.316. The number of carbonyl (C=O) groups excluding carboxylic acids is 1. The molecule has 0 saturated carbocycles. The predicted molar refractivity (Wildman–Crippen MR) is 106 cm³/mol. The van der Waals surface area contributed by atoms with E-state index in [2.05, 4.69) is 32.8 Å². The summed E-state index contributed by atoms with van der Waals surface area (Å²) in [5.41, 5.74) is 2.21. The first-order valence-electron chi connectivity index (χ1n) is 8.45. The molecule has 0 radical (unpaired) electrons. The minimum Gasteiger partial charge on any atom is -0.385 e. The van der Waals surface area contributed by atoms with Gasteiger partial charge in [0.05, 0.1) is 11.9 Å². The number of hydrogen-bond acceptors (Lipinski definition) is 6. The SMILES string of the molecule is COCCCNC(=O)CN(C)c1ncnc2scc(-c3ccccc3)c12. The van der Waals surface area contributed by atoms with E-state index in [1.807, 2.05) is 30.1 Å². The first kappa shape index (κ1) is 18.3. The fourth-order valence-corrected chi connectivity index (χ4v) is 3.68. The Morgan fingerprint density at radius 2 is 2.08 bits per heavy atom. The summed E-state index contributed by atoms with van der Waals surface area (Å²) >= 11 is 1.59. The predicted octanol–water partition coefficient (Wildman–Crippen LogP) is 2.95. The summed E-state index contributed by atoms with van der Waals surface area (Å²) in [7, 11) is 3.53.